The zero-order chi connectivity index (χ0) is 21.3. The first-order valence-corrected chi connectivity index (χ1v) is 11.5. The molecule has 2 aromatic heterocycles. The van der Waals surface area contributed by atoms with E-state index in [0.717, 1.165) is 5.01 Å². The van der Waals surface area contributed by atoms with Gasteiger partial charge in [0.15, 0.2) is 0 Å². The van der Waals surface area contributed by atoms with Gasteiger partial charge in [-0.1, -0.05) is 17.4 Å². The highest BCUT2D eigenvalue weighted by molar-refractivity contribution is 7.89. The number of ether oxygens (including phenoxy) is 1. The van der Waals surface area contributed by atoms with Crippen LogP contribution in [0, 0.1) is 19.7 Å². The highest BCUT2D eigenvalue weighted by Crippen LogP contribution is 2.28. The van der Waals surface area contributed by atoms with Gasteiger partial charge in [-0.2, -0.15) is 4.31 Å². The summed E-state index contributed by atoms with van der Waals surface area (Å²) in [4.78, 5) is 4.61. The Morgan fingerprint density at radius 3 is 2.80 bits per heavy atom. The van der Waals surface area contributed by atoms with Gasteiger partial charge in [0.05, 0.1) is 17.2 Å². The Morgan fingerprint density at radius 2 is 2.07 bits per heavy atom. The molecule has 158 valence electrons. The van der Waals surface area contributed by atoms with Crippen LogP contribution in [0.5, 0.6) is 0 Å². The number of nitrogens with one attached hydrogen (secondary N) is 1. The van der Waals surface area contributed by atoms with Crippen molar-refractivity contribution in [3.8, 4) is 0 Å². The van der Waals surface area contributed by atoms with Gasteiger partial charge in [-0.3, -0.25) is 0 Å². The fraction of sp³-hybridized carbons (Fsp3) is 0.316. The monoisotopic (exact) mass is 449 g/mol. The minimum Gasteiger partial charge on any atom is -0.369 e. The lowest BCUT2D eigenvalue weighted by Crippen LogP contribution is -2.42. The van der Waals surface area contributed by atoms with Crippen LogP contribution in [0.15, 0.2) is 41.3 Å². The Hall–Kier alpha value is -2.47. The molecule has 8 nitrogen and oxygen atoms in total. The lowest BCUT2D eigenvalue weighted by atomic mass is 10.2. The normalized spacial score (nSPS) is 17.8. The van der Waals surface area contributed by atoms with Crippen LogP contribution in [0.3, 0.4) is 0 Å². The molecule has 1 saturated heterocycles. The second-order valence-corrected chi connectivity index (χ2v) is 9.95. The molecule has 0 aliphatic carbocycles. The van der Waals surface area contributed by atoms with E-state index in [-0.39, 0.29) is 30.2 Å². The third kappa shape index (κ3) is 4.33. The Balaban J connectivity index is 1.53. The van der Waals surface area contributed by atoms with Crippen molar-refractivity contribution in [3.63, 3.8) is 0 Å². The molecule has 0 unspecified atom stereocenters. The fourth-order valence-corrected chi connectivity index (χ4v) is 5.22. The summed E-state index contributed by atoms with van der Waals surface area (Å²) in [7, 11) is -3.77. The zero-order valence-corrected chi connectivity index (χ0v) is 18.0. The summed E-state index contributed by atoms with van der Waals surface area (Å²) in [5.74, 6) is 0.134. The summed E-state index contributed by atoms with van der Waals surface area (Å²) in [6.45, 7) is 3.97. The van der Waals surface area contributed by atoms with Gasteiger partial charge >= 0.3 is 0 Å². The van der Waals surface area contributed by atoms with Gasteiger partial charge in [-0.15, -0.1) is 10.2 Å². The first kappa shape index (κ1) is 20.8. The maximum absolute atomic E-state index is 13.6. The van der Waals surface area contributed by atoms with Gasteiger partial charge in [-0.05, 0) is 49.7 Å². The van der Waals surface area contributed by atoms with Crippen LogP contribution in [0.1, 0.15) is 22.4 Å². The fourth-order valence-electron chi connectivity index (χ4n) is 3.11. The van der Waals surface area contributed by atoms with E-state index in [1.807, 2.05) is 13.0 Å². The predicted octanol–water partition coefficient (Wildman–Crippen LogP) is 3.19. The van der Waals surface area contributed by atoms with Gasteiger partial charge in [0.25, 0.3) is 0 Å². The molecule has 1 aliphatic rings. The number of hydrogen-bond acceptors (Lipinski definition) is 8. The van der Waals surface area contributed by atoms with E-state index in [4.69, 9.17) is 4.74 Å². The summed E-state index contributed by atoms with van der Waals surface area (Å²) in [6.07, 6.45) is -0.520. The summed E-state index contributed by atoms with van der Waals surface area (Å²) < 4.78 is 46.8. The molecule has 1 fully saturated rings. The standard InChI is InChI=1S/C19H20FN5O3S2/c1-12-10-14(6-7-15(12)20)30(26,27)25-8-9-28-17(11-25)16-4-3-5-18(21-16)22-19-24-23-13(2)29-19/h3-7,10,17H,8-9,11H2,1-2H3,(H,21,22,24)/t17-/m1/s1. The zero-order valence-electron chi connectivity index (χ0n) is 16.4. The minimum atomic E-state index is -3.77. The van der Waals surface area contributed by atoms with E-state index in [2.05, 4.69) is 20.5 Å². The maximum atomic E-state index is 13.6. The van der Waals surface area contributed by atoms with Crippen molar-refractivity contribution in [1.82, 2.24) is 19.5 Å². The topological polar surface area (TPSA) is 97.3 Å². The Bertz CT molecular complexity index is 1170. The van der Waals surface area contributed by atoms with Gasteiger partial charge in [0, 0.05) is 13.1 Å². The second-order valence-electron chi connectivity index (χ2n) is 6.83. The summed E-state index contributed by atoms with van der Waals surface area (Å²) >= 11 is 1.41. The van der Waals surface area contributed by atoms with E-state index in [0.29, 0.717) is 16.6 Å². The molecule has 1 aliphatic heterocycles. The number of aryl methyl sites for hydroxylation is 2. The average molecular weight is 450 g/mol. The van der Waals surface area contributed by atoms with Crippen molar-refractivity contribution in [2.45, 2.75) is 24.8 Å². The number of morpholine rings is 1. The molecule has 0 saturated carbocycles. The molecule has 1 atom stereocenters. The van der Waals surface area contributed by atoms with E-state index in [1.54, 1.807) is 19.1 Å². The smallest absolute Gasteiger partial charge is 0.243 e. The molecule has 0 radical (unpaired) electrons. The summed E-state index contributed by atoms with van der Waals surface area (Å²) in [6, 6.07) is 9.21. The molecule has 0 spiro atoms. The van der Waals surface area contributed by atoms with E-state index < -0.39 is 21.9 Å². The second kappa shape index (κ2) is 8.34. The lowest BCUT2D eigenvalue weighted by Gasteiger charge is -2.32. The Morgan fingerprint density at radius 1 is 1.23 bits per heavy atom. The van der Waals surface area contributed by atoms with Crippen LogP contribution >= 0.6 is 11.3 Å². The average Bonchev–Trinajstić information content (AvgIpc) is 3.15. The number of pyridine rings is 1. The number of nitrogens with zero attached hydrogens (tertiary/aromatic N) is 4. The van der Waals surface area contributed by atoms with Crippen LogP contribution in [0.25, 0.3) is 0 Å². The van der Waals surface area contributed by atoms with Crippen LogP contribution < -0.4 is 5.32 Å². The molecule has 30 heavy (non-hydrogen) atoms. The molecule has 0 bridgehead atoms. The molecule has 0 amide bonds. The highest BCUT2D eigenvalue weighted by atomic mass is 32.2. The van der Waals surface area contributed by atoms with Crippen molar-refractivity contribution in [3.05, 3.63) is 58.5 Å². The van der Waals surface area contributed by atoms with Gasteiger partial charge in [-0.25, -0.2) is 17.8 Å². The Labute approximate surface area is 177 Å². The van der Waals surface area contributed by atoms with Gasteiger partial charge in [0.2, 0.25) is 15.2 Å². The van der Waals surface area contributed by atoms with Crippen molar-refractivity contribution in [1.29, 1.82) is 0 Å². The van der Waals surface area contributed by atoms with Crippen molar-refractivity contribution in [2.24, 2.45) is 0 Å². The molecular weight excluding hydrogens is 429 g/mol. The summed E-state index contributed by atoms with van der Waals surface area (Å²) in [5, 5.41) is 12.5. The van der Waals surface area contributed by atoms with Gasteiger partial charge < -0.3 is 10.1 Å². The third-order valence-electron chi connectivity index (χ3n) is 4.66. The first-order valence-electron chi connectivity index (χ1n) is 9.25. The molecule has 11 heteroatoms. The first-order chi connectivity index (χ1) is 14.3. The molecule has 3 aromatic rings. The summed E-state index contributed by atoms with van der Waals surface area (Å²) in [5.41, 5.74) is 0.893. The molecule has 1 N–H and O–H groups in total. The SMILES string of the molecule is Cc1nnc(Nc2cccc([C@H]3CN(S(=O)(=O)c4ccc(F)c(C)c4)CCO3)n2)s1. The van der Waals surface area contributed by atoms with Gasteiger partial charge in [0.1, 0.15) is 22.7 Å². The Kier molecular flexibility index (Phi) is 5.78. The highest BCUT2D eigenvalue weighted by Gasteiger charge is 2.32. The number of halogens is 1. The van der Waals surface area contributed by atoms with Crippen LogP contribution in [0.4, 0.5) is 15.3 Å². The molecule has 3 heterocycles. The predicted molar refractivity (Wildman–Crippen MR) is 111 cm³/mol. The number of hydrogen-bond donors (Lipinski definition) is 1. The van der Waals surface area contributed by atoms with Crippen molar-refractivity contribution in [2.75, 3.05) is 25.0 Å². The van der Waals surface area contributed by atoms with E-state index in [1.165, 1.54) is 33.8 Å². The minimum absolute atomic E-state index is 0.0667. The number of sulfonamides is 1. The van der Waals surface area contributed by atoms with Crippen LogP contribution in [0.2, 0.25) is 0 Å². The number of benzene rings is 1. The van der Waals surface area contributed by atoms with Crippen LogP contribution in [-0.2, 0) is 14.8 Å². The van der Waals surface area contributed by atoms with E-state index >= 15 is 0 Å². The maximum Gasteiger partial charge on any atom is 0.243 e. The lowest BCUT2D eigenvalue weighted by molar-refractivity contribution is -0.00486. The van der Waals surface area contributed by atoms with E-state index in [9.17, 15) is 12.8 Å². The third-order valence-corrected chi connectivity index (χ3v) is 7.27. The molecule has 4 rings (SSSR count). The van der Waals surface area contributed by atoms with Crippen molar-refractivity contribution >= 4 is 32.3 Å². The number of rotatable bonds is 5. The number of anilines is 2. The van der Waals surface area contributed by atoms with Crippen molar-refractivity contribution < 1.29 is 17.5 Å². The quantitative estimate of drug-likeness (QED) is 0.639. The molecule has 1 aromatic carbocycles. The van der Waals surface area contributed by atoms with Crippen LogP contribution in [-0.4, -0.2) is 47.6 Å². The molecular formula is C19H20FN5O3S2. The number of aromatic nitrogens is 3. The largest absolute Gasteiger partial charge is 0.369 e.